The average molecular weight is 307 g/mol. The molecule has 0 aliphatic heterocycles. The summed E-state index contributed by atoms with van der Waals surface area (Å²) in [5.41, 5.74) is 1.02. The summed E-state index contributed by atoms with van der Waals surface area (Å²) in [4.78, 5) is 33.3. The van der Waals surface area contributed by atoms with Crippen molar-refractivity contribution in [3.05, 3.63) is 35.9 Å². The molecule has 3 N–H and O–H groups in total. The molecule has 0 aliphatic carbocycles. The highest BCUT2D eigenvalue weighted by Crippen LogP contribution is 2.06. The van der Waals surface area contributed by atoms with Gasteiger partial charge in [0.25, 0.3) is 0 Å². The monoisotopic (exact) mass is 307 g/mol. The van der Waals surface area contributed by atoms with E-state index < -0.39 is 18.0 Å². The molecule has 1 rings (SSSR count). The lowest BCUT2D eigenvalue weighted by Crippen LogP contribution is -2.40. The zero-order valence-corrected chi connectivity index (χ0v) is 12.3. The number of carboxylic acids is 2. The highest BCUT2D eigenvalue weighted by Gasteiger charge is 2.19. The quantitative estimate of drug-likeness (QED) is 0.572. The normalized spacial score (nSPS) is 11.6. The topological polar surface area (TPSA) is 104 Å². The summed E-state index contributed by atoms with van der Waals surface area (Å²) in [6, 6.07) is 8.52. The fraction of sp³-hybridized carbons (Fsp3) is 0.438. The summed E-state index contributed by atoms with van der Waals surface area (Å²) in [5, 5.41) is 20.1. The number of carbonyl (C=O) groups is 3. The first-order valence-electron chi connectivity index (χ1n) is 7.27. The van der Waals surface area contributed by atoms with Crippen LogP contribution >= 0.6 is 0 Å². The fourth-order valence-corrected chi connectivity index (χ4v) is 2.05. The Labute approximate surface area is 129 Å². The van der Waals surface area contributed by atoms with Crippen molar-refractivity contribution in [2.45, 2.75) is 44.6 Å². The Balaban J connectivity index is 2.34. The van der Waals surface area contributed by atoms with Gasteiger partial charge in [0, 0.05) is 12.8 Å². The second-order valence-electron chi connectivity index (χ2n) is 5.08. The third kappa shape index (κ3) is 7.42. The summed E-state index contributed by atoms with van der Waals surface area (Å²) in [6.07, 6.45) is 1.87. The lowest BCUT2D eigenvalue weighted by atomic mass is 10.1. The fourth-order valence-electron chi connectivity index (χ4n) is 2.05. The van der Waals surface area contributed by atoms with Gasteiger partial charge < -0.3 is 15.5 Å². The summed E-state index contributed by atoms with van der Waals surface area (Å²) in [6.45, 7) is 0. The molecule has 0 bridgehead atoms. The van der Waals surface area contributed by atoms with Crippen LogP contribution in [-0.4, -0.2) is 34.1 Å². The van der Waals surface area contributed by atoms with Crippen LogP contribution < -0.4 is 5.32 Å². The molecule has 0 aromatic heterocycles. The van der Waals surface area contributed by atoms with Gasteiger partial charge in [0.2, 0.25) is 5.91 Å². The zero-order valence-electron chi connectivity index (χ0n) is 12.3. The lowest BCUT2D eigenvalue weighted by Gasteiger charge is -2.14. The van der Waals surface area contributed by atoms with Gasteiger partial charge in [0.1, 0.15) is 6.04 Å². The first kappa shape index (κ1) is 17.7. The van der Waals surface area contributed by atoms with Gasteiger partial charge in [0.15, 0.2) is 0 Å². The SMILES string of the molecule is O=C(O)CCCCC(NC(=O)CCc1ccccc1)C(=O)O. The van der Waals surface area contributed by atoms with Crippen LogP contribution in [0.3, 0.4) is 0 Å². The Kier molecular flexibility index (Phi) is 7.67. The molecule has 0 spiro atoms. The van der Waals surface area contributed by atoms with Crippen molar-refractivity contribution >= 4 is 17.8 Å². The minimum atomic E-state index is -1.09. The van der Waals surface area contributed by atoms with Crippen molar-refractivity contribution in [1.82, 2.24) is 5.32 Å². The second-order valence-corrected chi connectivity index (χ2v) is 5.08. The number of rotatable bonds is 10. The number of amides is 1. The molecule has 22 heavy (non-hydrogen) atoms. The van der Waals surface area contributed by atoms with Crippen molar-refractivity contribution in [2.24, 2.45) is 0 Å². The number of hydrogen-bond donors (Lipinski definition) is 3. The Bertz CT molecular complexity index is 501. The minimum Gasteiger partial charge on any atom is -0.481 e. The highest BCUT2D eigenvalue weighted by molar-refractivity contribution is 5.83. The van der Waals surface area contributed by atoms with E-state index in [2.05, 4.69) is 5.32 Å². The first-order chi connectivity index (χ1) is 10.5. The largest absolute Gasteiger partial charge is 0.481 e. The molecule has 0 saturated carbocycles. The van der Waals surface area contributed by atoms with Gasteiger partial charge in [-0.1, -0.05) is 36.8 Å². The van der Waals surface area contributed by atoms with Crippen LogP contribution in [0.4, 0.5) is 0 Å². The molecule has 0 fully saturated rings. The molecule has 1 aromatic rings. The smallest absolute Gasteiger partial charge is 0.326 e. The van der Waals surface area contributed by atoms with Gasteiger partial charge in [-0.2, -0.15) is 0 Å². The molecule has 0 saturated heterocycles. The molecule has 6 nitrogen and oxygen atoms in total. The van der Waals surface area contributed by atoms with Crippen LogP contribution in [0.25, 0.3) is 0 Å². The van der Waals surface area contributed by atoms with Crippen LogP contribution in [0.1, 0.15) is 37.7 Å². The number of nitrogens with one attached hydrogen (secondary N) is 1. The number of carboxylic acid groups (broad SMARTS) is 2. The molecule has 0 heterocycles. The standard InChI is InChI=1S/C16H21NO5/c18-14(11-10-12-6-2-1-3-7-12)17-13(16(21)22)8-4-5-9-15(19)20/h1-3,6-7,13H,4-5,8-11H2,(H,17,18)(H,19,20)(H,21,22). The third-order valence-electron chi connectivity index (χ3n) is 3.25. The van der Waals surface area contributed by atoms with E-state index in [9.17, 15) is 14.4 Å². The molecule has 6 heteroatoms. The number of carbonyl (C=O) groups excluding carboxylic acids is 1. The molecular formula is C16H21NO5. The number of hydrogen-bond acceptors (Lipinski definition) is 3. The Morgan fingerprint density at radius 3 is 2.27 bits per heavy atom. The van der Waals surface area contributed by atoms with E-state index in [4.69, 9.17) is 10.2 Å². The van der Waals surface area contributed by atoms with Crippen molar-refractivity contribution in [3.8, 4) is 0 Å². The van der Waals surface area contributed by atoms with Crippen molar-refractivity contribution in [1.29, 1.82) is 0 Å². The van der Waals surface area contributed by atoms with Crippen molar-refractivity contribution in [3.63, 3.8) is 0 Å². The van der Waals surface area contributed by atoms with Crippen molar-refractivity contribution < 1.29 is 24.6 Å². The summed E-state index contributed by atoms with van der Waals surface area (Å²) < 4.78 is 0. The molecule has 1 amide bonds. The predicted molar refractivity (Wildman–Crippen MR) is 80.4 cm³/mol. The summed E-state index contributed by atoms with van der Waals surface area (Å²) in [5.74, 6) is -2.31. The van der Waals surface area contributed by atoms with Crippen LogP contribution in [0.2, 0.25) is 0 Å². The van der Waals surface area contributed by atoms with Gasteiger partial charge in [-0.05, 0) is 24.8 Å². The maximum Gasteiger partial charge on any atom is 0.326 e. The van der Waals surface area contributed by atoms with Crippen molar-refractivity contribution in [2.75, 3.05) is 0 Å². The van der Waals surface area contributed by atoms with E-state index in [1.54, 1.807) is 0 Å². The maximum absolute atomic E-state index is 11.8. The number of aliphatic carboxylic acids is 2. The molecule has 1 unspecified atom stereocenters. The highest BCUT2D eigenvalue weighted by atomic mass is 16.4. The first-order valence-corrected chi connectivity index (χ1v) is 7.27. The third-order valence-corrected chi connectivity index (χ3v) is 3.25. The Morgan fingerprint density at radius 2 is 1.68 bits per heavy atom. The number of benzene rings is 1. The van der Waals surface area contributed by atoms with Crippen LogP contribution in [0.15, 0.2) is 30.3 Å². The lowest BCUT2D eigenvalue weighted by molar-refractivity contribution is -0.142. The van der Waals surface area contributed by atoms with Gasteiger partial charge in [-0.25, -0.2) is 4.79 Å². The Morgan fingerprint density at radius 1 is 1.00 bits per heavy atom. The van der Waals surface area contributed by atoms with Gasteiger partial charge >= 0.3 is 11.9 Å². The second kappa shape index (κ2) is 9.55. The van der Waals surface area contributed by atoms with E-state index in [0.717, 1.165) is 5.56 Å². The number of unbranched alkanes of at least 4 members (excludes halogenated alkanes) is 1. The summed E-state index contributed by atoms with van der Waals surface area (Å²) in [7, 11) is 0. The molecule has 0 radical (unpaired) electrons. The molecule has 0 aliphatic rings. The molecule has 1 atom stereocenters. The van der Waals surface area contributed by atoms with E-state index in [0.29, 0.717) is 19.3 Å². The van der Waals surface area contributed by atoms with Gasteiger partial charge in [-0.15, -0.1) is 0 Å². The molecular weight excluding hydrogens is 286 g/mol. The van der Waals surface area contributed by atoms with E-state index >= 15 is 0 Å². The minimum absolute atomic E-state index is 0.00823. The Hall–Kier alpha value is -2.37. The van der Waals surface area contributed by atoms with Gasteiger partial charge in [0.05, 0.1) is 0 Å². The van der Waals surface area contributed by atoms with E-state index in [1.165, 1.54) is 0 Å². The number of aryl methyl sites for hydroxylation is 1. The zero-order chi connectivity index (χ0) is 16.4. The van der Waals surface area contributed by atoms with Gasteiger partial charge in [-0.3, -0.25) is 9.59 Å². The van der Waals surface area contributed by atoms with Crippen LogP contribution in [-0.2, 0) is 20.8 Å². The summed E-state index contributed by atoms with van der Waals surface area (Å²) >= 11 is 0. The predicted octanol–water partition coefficient (Wildman–Crippen LogP) is 1.83. The molecule has 120 valence electrons. The average Bonchev–Trinajstić information content (AvgIpc) is 2.48. The molecule has 1 aromatic carbocycles. The van der Waals surface area contributed by atoms with Crippen LogP contribution in [0, 0.1) is 0 Å². The van der Waals surface area contributed by atoms with E-state index in [1.807, 2.05) is 30.3 Å². The van der Waals surface area contributed by atoms with Crippen LogP contribution in [0.5, 0.6) is 0 Å². The van der Waals surface area contributed by atoms with E-state index in [-0.39, 0.29) is 25.2 Å². The maximum atomic E-state index is 11.8.